The molecular formula is C22H20N4O4. The molecule has 2 amide bonds. The van der Waals surface area contributed by atoms with Crippen LogP contribution in [0.1, 0.15) is 17.3 Å². The molecule has 8 nitrogen and oxygen atoms in total. The first-order valence-electron chi connectivity index (χ1n) is 9.24. The van der Waals surface area contributed by atoms with Crippen LogP contribution in [0.3, 0.4) is 0 Å². The summed E-state index contributed by atoms with van der Waals surface area (Å²) in [6, 6.07) is 18.4. The Kier molecular flexibility index (Phi) is 6.83. The molecule has 0 radical (unpaired) electrons. The number of hydrogen-bond donors (Lipinski definition) is 2. The van der Waals surface area contributed by atoms with Crippen LogP contribution in [0.25, 0.3) is 11.1 Å². The summed E-state index contributed by atoms with van der Waals surface area (Å²) in [4.78, 5) is 43.9. The lowest BCUT2D eigenvalue weighted by molar-refractivity contribution is -0.152. The van der Waals surface area contributed by atoms with Crippen molar-refractivity contribution >= 4 is 23.7 Å². The van der Waals surface area contributed by atoms with E-state index in [1.807, 2.05) is 42.5 Å². The average Bonchev–Trinajstić information content (AvgIpc) is 2.79. The van der Waals surface area contributed by atoms with E-state index in [0.29, 0.717) is 5.56 Å². The Morgan fingerprint density at radius 1 is 0.900 bits per heavy atom. The fraction of sp³-hybridized carbons (Fsp3) is 0.136. The number of carbonyl (C=O) groups is 3. The molecule has 1 aromatic heterocycles. The number of carbonyl (C=O) groups excluding carboxylic acids is 3. The standard InChI is InChI=1S/C22H20N4O4/c1-15(20(28)26-22-23-12-5-13-24-22)30-19(27)14-25-21(29)18-10-8-17(9-11-18)16-6-3-2-4-7-16/h2-13,15H,14H2,1H3,(H,25,29)(H,23,24,26,28). The molecule has 3 rings (SSSR count). The van der Waals surface area contributed by atoms with Crippen molar-refractivity contribution in [1.82, 2.24) is 15.3 Å². The zero-order valence-corrected chi connectivity index (χ0v) is 16.2. The zero-order valence-electron chi connectivity index (χ0n) is 16.2. The van der Waals surface area contributed by atoms with Crippen molar-refractivity contribution in [2.24, 2.45) is 0 Å². The normalized spacial score (nSPS) is 11.2. The number of nitrogens with zero attached hydrogens (tertiary/aromatic N) is 2. The number of rotatable bonds is 7. The SMILES string of the molecule is CC(OC(=O)CNC(=O)c1ccc(-c2ccccc2)cc1)C(=O)Nc1ncccn1. The van der Waals surface area contributed by atoms with Crippen molar-refractivity contribution in [1.29, 1.82) is 0 Å². The van der Waals surface area contributed by atoms with Crippen molar-refractivity contribution in [2.45, 2.75) is 13.0 Å². The largest absolute Gasteiger partial charge is 0.451 e. The van der Waals surface area contributed by atoms with E-state index in [4.69, 9.17) is 4.74 Å². The van der Waals surface area contributed by atoms with Gasteiger partial charge in [0.15, 0.2) is 6.10 Å². The first-order valence-corrected chi connectivity index (χ1v) is 9.24. The summed E-state index contributed by atoms with van der Waals surface area (Å²) < 4.78 is 5.03. The van der Waals surface area contributed by atoms with Gasteiger partial charge in [-0.15, -0.1) is 0 Å². The molecule has 1 atom stereocenters. The van der Waals surface area contributed by atoms with Gasteiger partial charge in [0.1, 0.15) is 6.54 Å². The minimum absolute atomic E-state index is 0.109. The molecule has 0 saturated carbocycles. The van der Waals surface area contributed by atoms with Crippen LogP contribution < -0.4 is 10.6 Å². The number of hydrogen-bond acceptors (Lipinski definition) is 6. The summed E-state index contributed by atoms with van der Waals surface area (Å²) in [6.45, 7) is 1.05. The van der Waals surface area contributed by atoms with Crippen LogP contribution in [0, 0.1) is 0 Å². The molecule has 0 aliphatic heterocycles. The predicted molar refractivity (Wildman–Crippen MR) is 110 cm³/mol. The van der Waals surface area contributed by atoms with Gasteiger partial charge in [0.2, 0.25) is 5.95 Å². The third-order valence-electron chi connectivity index (χ3n) is 4.13. The van der Waals surface area contributed by atoms with E-state index in [9.17, 15) is 14.4 Å². The lowest BCUT2D eigenvalue weighted by Crippen LogP contribution is -2.36. The Morgan fingerprint density at radius 2 is 1.53 bits per heavy atom. The van der Waals surface area contributed by atoms with Gasteiger partial charge in [-0.1, -0.05) is 42.5 Å². The lowest BCUT2D eigenvalue weighted by Gasteiger charge is -2.13. The molecule has 0 aliphatic carbocycles. The van der Waals surface area contributed by atoms with Gasteiger partial charge in [-0.25, -0.2) is 9.97 Å². The van der Waals surface area contributed by atoms with Crippen LogP contribution in [-0.2, 0) is 14.3 Å². The summed E-state index contributed by atoms with van der Waals surface area (Å²) in [5, 5.41) is 4.91. The number of esters is 1. The van der Waals surface area contributed by atoms with Crippen LogP contribution in [0.2, 0.25) is 0 Å². The van der Waals surface area contributed by atoms with Gasteiger partial charge in [0.05, 0.1) is 0 Å². The number of anilines is 1. The van der Waals surface area contributed by atoms with E-state index in [1.54, 1.807) is 18.2 Å². The molecule has 0 aliphatic rings. The third-order valence-corrected chi connectivity index (χ3v) is 4.13. The Labute approximate surface area is 173 Å². The second kappa shape index (κ2) is 9.92. The third kappa shape index (κ3) is 5.71. The topological polar surface area (TPSA) is 110 Å². The highest BCUT2D eigenvalue weighted by Gasteiger charge is 2.19. The van der Waals surface area contributed by atoms with E-state index in [0.717, 1.165) is 11.1 Å². The number of ether oxygens (including phenoxy) is 1. The molecule has 0 spiro atoms. The minimum Gasteiger partial charge on any atom is -0.451 e. The van der Waals surface area contributed by atoms with E-state index in [2.05, 4.69) is 20.6 Å². The van der Waals surface area contributed by atoms with Gasteiger partial charge in [-0.2, -0.15) is 0 Å². The van der Waals surface area contributed by atoms with Crippen molar-refractivity contribution in [3.8, 4) is 11.1 Å². The molecule has 1 unspecified atom stereocenters. The molecule has 0 bridgehead atoms. The highest BCUT2D eigenvalue weighted by atomic mass is 16.5. The van der Waals surface area contributed by atoms with Gasteiger partial charge in [-0.3, -0.25) is 19.7 Å². The molecule has 30 heavy (non-hydrogen) atoms. The highest BCUT2D eigenvalue weighted by molar-refractivity contribution is 5.97. The van der Waals surface area contributed by atoms with Crippen molar-refractivity contribution < 1.29 is 19.1 Å². The maximum absolute atomic E-state index is 12.2. The van der Waals surface area contributed by atoms with Gasteiger partial charge >= 0.3 is 5.97 Å². The molecule has 8 heteroatoms. The van der Waals surface area contributed by atoms with E-state index < -0.39 is 23.9 Å². The van der Waals surface area contributed by atoms with Crippen molar-refractivity contribution in [3.63, 3.8) is 0 Å². The van der Waals surface area contributed by atoms with Gasteiger partial charge in [-0.05, 0) is 36.2 Å². The summed E-state index contributed by atoms with van der Waals surface area (Å²) in [5.41, 5.74) is 2.43. The molecule has 0 fully saturated rings. The first-order chi connectivity index (χ1) is 14.5. The Morgan fingerprint density at radius 3 is 2.20 bits per heavy atom. The maximum Gasteiger partial charge on any atom is 0.326 e. The summed E-state index contributed by atoms with van der Waals surface area (Å²) >= 11 is 0. The van der Waals surface area contributed by atoms with Crippen LogP contribution in [0.4, 0.5) is 5.95 Å². The molecule has 2 aromatic carbocycles. The Bertz CT molecular complexity index is 1010. The number of amides is 2. The fourth-order valence-corrected chi connectivity index (χ4v) is 2.57. The zero-order chi connectivity index (χ0) is 21.3. The second-order valence-corrected chi connectivity index (χ2v) is 6.32. The Hall–Kier alpha value is -4.07. The lowest BCUT2D eigenvalue weighted by atomic mass is 10.0. The summed E-state index contributed by atoms with van der Waals surface area (Å²) in [6.07, 6.45) is 1.88. The molecule has 1 heterocycles. The number of benzene rings is 2. The molecule has 2 N–H and O–H groups in total. The predicted octanol–water partition coefficient (Wildman–Crippen LogP) is 2.44. The number of aromatic nitrogens is 2. The minimum atomic E-state index is -1.07. The summed E-state index contributed by atoms with van der Waals surface area (Å²) in [7, 11) is 0. The molecule has 0 saturated heterocycles. The highest BCUT2D eigenvalue weighted by Crippen LogP contribution is 2.19. The van der Waals surface area contributed by atoms with Crippen LogP contribution in [0.15, 0.2) is 73.1 Å². The van der Waals surface area contributed by atoms with Crippen LogP contribution in [-0.4, -0.2) is 40.4 Å². The maximum atomic E-state index is 12.2. The van der Waals surface area contributed by atoms with Crippen LogP contribution in [0.5, 0.6) is 0 Å². The van der Waals surface area contributed by atoms with Gasteiger partial charge in [0, 0.05) is 18.0 Å². The van der Waals surface area contributed by atoms with E-state index >= 15 is 0 Å². The quantitative estimate of drug-likeness (QED) is 0.585. The molecule has 3 aromatic rings. The first kappa shape index (κ1) is 20.7. The summed E-state index contributed by atoms with van der Waals surface area (Å²) in [5.74, 6) is -1.61. The number of nitrogens with one attached hydrogen (secondary N) is 2. The van der Waals surface area contributed by atoms with Crippen LogP contribution >= 0.6 is 0 Å². The van der Waals surface area contributed by atoms with Gasteiger partial charge in [0.25, 0.3) is 11.8 Å². The fourth-order valence-electron chi connectivity index (χ4n) is 2.57. The molecular weight excluding hydrogens is 384 g/mol. The second-order valence-electron chi connectivity index (χ2n) is 6.32. The van der Waals surface area contributed by atoms with E-state index in [-0.39, 0.29) is 12.5 Å². The monoisotopic (exact) mass is 404 g/mol. The van der Waals surface area contributed by atoms with E-state index in [1.165, 1.54) is 19.3 Å². The molecule has 152 valence electrons. The van der Waals surface area contributed by atoms with Gasteiger partial charge < -0.3 is 10.1 Å². The van der Waals surface area contributed by atoms with Crippen molar-refractivity contribution in [2.75, 3.05) is 11.9 Å². The average molecular weight is 404 g/mol. The van der Waals surface area contributed by atoms with Crippen molar-refractivity contribution in [3.05, 3.63) is 78.6 Å². The smallest absolute Gasteiger partial charge is 0.326 e. The Balaban J connectivity index is 1.47.